The van der Waals surface area contributed by atoms with Crippen LogP contribution in [0.2, 0.25) is 0 Å². The third-order valence-corrected chi connectivity index (χ3v) is 4.85. The van der Waals surface area contributed by atoms with Gasteiger partial charge in [-0.25, -0.2) is 0 Å². The molecule has 0 aliphatic carbocycles. The first-order valence-electron chi connectivity index (χ1n) is 9.55. The van der Waals surface area contributed by atoms with Crippen LogP contribution in [0.25, 0.3) is 0 Å². The number of carbonyl (C=O) groups is 2. The van der Waals surface area contributed by atoms with Gasteiger partial charge in [0, 0.05) is 13.1 Å². The molecule has 1 aliphatic rings. The number of rotatable bonds is 6. The summed E-state index contributed by atoms with van der Waals surface area (Å²) in [7, 11) is 0. The minimum atomic E-state index is -0.193. The lowest BCUT2D eigenvalue weighted by Crippen LogP contribution is -2.40. The normalized spacial score (nSPS) is 17.3. The maximum absolute atomic E-state index is 12.6. The standard InChI is InChI=1S/C22H27N3O2/c1-17-8-7-13-25(15-17)16-21(26)24-20-12-6-5-11-19(20)22(27)23-14-18-9-3-2-4-10-18/h2-6,9-12,17H,7-8,13-16H2,1H3,(H,23,27)(H,24,26)/t17-/m1/s1. The van der Waals surface area contributed by atoms with Gasteiger partial charge in [0.1, 0.15) is 0 Å². The minimum absolute atomic E-state index is 0.0765. The van der Waals surface area contributed by atoms with Crippen molar-refractivity contribution in [2.24, 2.45) is 5.92 Å². The molecule has 2 aromatic rings. The highest BCUT2D eigenvalue weighted by molar-refractivity contribution is 6.04. The lowest BCUT2D eigenvalue weighted by molar-refractivity contribution is -0.117. The minimum Gasteiger partial charge on any atom is -0.348 e. The van der Waals surface area contributed by atoms with Gasteiger partial charge in [0.2, 0.25) is 5.91 Å². The molecule has 5 nitrogen and oxygen atoms in total. The predicted molar refractivity (Wildman–Crippen MR) is 108 cm³/mol. The molecule has 27 heavy (non-hydrogen) atoms. The molecular weight excluding hydrogens is 338 g/mol. The molecule has 1 saturated heterocycles. The quantitative estimate of drug-likeness (QED) is 0.826. The van der Waals surface area contributed by atoms with E-state index in [-0.39, 0.29) is 11.8 Å². The van der Waals surface area contributed by atoms with Gasteiger partial charge in [0.25, 0.3) is 5.91 Å². The topological polar surface area (TPSA) is 61.4 Å². The van der Waals surface area contributed by atoms with Gasteiger partial charge in [-0.1, -0.05) is 49.4 Å². The molecule has 3 rings (SSSR count). The third kappa shape index (κ3) is 5.66. The molecular formula is C22H27N3O2. The molecule has 1 atom stereocenters. The van der Waals surface area contributed by atoms with E-state index < -0.39 is 0 Å². The average molecular weight is 365 g/mol. The molecule has 0 unspecified atom stereocenters. The fourth-order valence-corrected chi connectivity index (χ4v) is 3.49. The maximum Gasteiger partial charge on any atom is 0.253 e. The van der Waals surface area contributed by atoms with Gasteiger partial charge in [-0.3, -0.25) is 14.5 Å². The summed E-state index contributed by atoms with van der Waals surface area (Å²) in [6.07, 6.45) is 2.36. The van der Waals surface area contributed by atoms with Gasteiger partial charge in [-0.2, -0.15) is 0 Å². The molecule has 0 spiro atoms. The summed E-state index contributed by atoms with van der Waals surface area (Å²) in [6.45, 7) is 4.94. The summed E-state index contributed by atoms with van der Waals surface area (Å²) >= 11 is 0. The molecule has 142 valence electrons. The Hall–Kier alpha value is -2.66. The number of hydrogen-bond acceptors (Lipinski definition) is 3. The Morgan fingerprint density at radius 2 is 1.81 bits per heavy atom. The first-order valence-corrected chi connectivity index (χ1v) is 9.55. The number of carbonyl (C=O) groups excluding carboxylic acids is 2. The van der Waals surface area contributed by atoms with Crippen molar-refractivity contribution >= 4 is 17.5 Å². The summed E-state index contributed by atoms with van der Waals surface area (Å²) in [5.41, 5.74) is 2.07. The zero-order chi connectivity index (χ0) is 19.1. The van der Waals surface area contributed by atoms with Crippen LogP contribution in [-0.2, 0) is 11.3 Å². The predicted octanol–water partition coefficient (Wildman–Crippen LogP) is 3.29. The van der Waals surface area contributed by atoms with E-state index >= 15 is 0 Å². The van der Waals surface area contributed by atoms with Gasteiger partial charge in [0.05, 0.1) is 17.8 Å². The molecule has 0 saturated carbocycles. The fraction of sp³-hybridized carbons (Fsp3) is 0.364. The van der Waals surface area contributed by atoms with Crippen LogP contribution in [0.4, 0.5) is 5.69 Å². The molecule has 0 radical (unpaired) electrons. The van der Waals surface area contributed by atoms with Crippen LogP contribution in [0, 0.1) is 5.92 Å². The summed E-state index contributed by atoms with van der Waals surface area (Å²) in [4.78, 5) is 27.2. The SMILES string of the molecule is C[C@@H]1CCCN(CC(=O)Nc2ccccc2C(=O)NCc2ccccc2)C1. The number of piperidine rings is 1. The van der Waals surface area contributed by atoms with Crippen molar-refractivity contribution in [1.82, 2.24) is 10.2 Å². The van der Waals surface area contributed by atoms with Crippen molar-refractivity contribution in [2.45, 2.75) is 26.3 Å². The van der Waals surface area contributed by atoms with Gasteiger partial charge in [-0.05, 0) is 43.0 Å². The number of nitrogens with one attached hydrogen (secondary N) is 2. The summed E-state index contributed by atoms with van der Waals surface area (Å²) in [5, 5.41) is 5.83. The van der Waals surface area contributed by atoms with E-state index in [1.54, 1.807) is 18.2 Å². The third-order valence-electron chi connectivity index (χ3n) is 4.85. The van der Waals surface area contributed by atoms with Crippen molar-refractivity contribution in [1.29, 1.82) is 0 Å². The molecule has 2 N–H and O–H groups in total. The number of anilines is 1. The number of likely N-dealkylation sites (tertiary alicyclic amines) is 1. The first-order chi connectivity index (χ1) is 13.1. The zero-order valence-electron chi connectivity index (χ0n) is 15.8. The van der Waals surface area contributed by atoms with E-state index in [2.05, 4.69) is 22.5 Å². The van der Waals surface area contributed by atoms with Crippen LogP contribution in [0.5, 0.6) is 0 Å². The summed E-state index contributed by atoms with van der Waals surface area (Å²) in [6, 6.07) is 16.9. The van der Waals surface area contributed by atoms with Gasteiger partial charge >= 0.3 is 0 Å². The van der Waals surface area contributed by atoms with Gasteiger partial charge < -0.3 is 10.6 Å². The Bertz CT molecular complexity index is 776. The highest BCUT2D eigenvalue weighted by Crippen LogP contribution is 2.17. The Morgan fingerprint density at radius 3 is 2.59 bits per heavy atom. The molecule has 0 aromatic heterocycles. The second kappa shape index (κ2) is 9.33. The lowest BCUT2D eigenvalue weighted by Gasteiger charge is -2.30. The Kier molecular flexibility index (Phi) is 6.60. The average Bonchev–Trinajstić information content (AvgIpc) is 2.67. The van der Waals surface area contributed by atoms with Crippen molar-refractivity contribution in [3.8, 4) is 0 Å². The second-order valence-electron chi connectivity index (χ2n) is 7.24. The second-order valence-corrected chi connectivity index (χ2v) is 7.24. The van der Waals surface area contributed by atoms with Crippen LogP contribution < -0.4 is 10.6 Å². The molecule has 0 bridgehead atoms. The number of hydrogen-bond donors (Lipinski definition) is 2. The lowest BCUT2D eigenvalue weighted by atomic mass is 10.0. The van der Waals surface area contributed by atoms with Crippen molar-refractivity contribution < 1.29 is 9.59 Å². The number of para-hydroxylation sites is 1. The van der Waals surface area contributed by atoms with Crippen LogP contribution in [0.1, 0.15) is 35.7 Å². The van der Waals surface area contributed by atoms with Gasteiger partial charge in [-0.15, -0.1) is 0 Å². The maximum atomic E-state index is 12.6. The van der Waals surface area contributed by atoms with Crippen LogP contribution in [-0.4, -0.2) is 36.3 Å². The van der Waals surface area contributed by atoms with Crippen LogP contribution in [0.3, 0.4) is 0 Å². The van der Waals surface area contributed by atoms with Crippen LogP contribution in [0.15, 0.2) is 54.6 Å². The smallest absolute Gasteiger partial charge is 0.253 e. The van der Waals surface area contributed by atoms with Crippen molar-refractivity contribution in [3.63, 3.8) is 0 Å². The van der Waals surface area contributed by atoms with E-state index in [1.807, 2.05) is 36.4 Å². The molecule has 1 aliphatic heterocycles. The highest BCUT2D eigenvalue weighted by Gasteiger charge is 2.19. The van der Waals surface area contributed by atoms with E-state index in [0.717, 1.165) is 25.1 Å². The van der Waals surface area contributed by atoms with Crippen molar-refractivity contribution in [3.05, 3.63) is 65.7 Å². The largest absolute Gasteiger partial charge is 0.348 e. The number of benzene rings is 2. The molecule has 1 heterocycles. The van der Waals surface area contributed by atoms with E-state index in [1.165, 1.54) is 6.42 Å². The highest BCUT2D eigenvalue weighted by atomic mass is 16.2. The van der Waals surface area contributed by atoms with E-state index in [4.69, 9.17) is 0 Å². The molecule has 5 heteroatoms. The van der Waals surface area contributed by atoms with Crippen molar-refractivity contribution in [2.75, 3.05) is 25.0 Å². The number of amides is 2. The monoisotopic (exact) mass is 365 g/mol. The Labute approximate surface area is 160 Å². The summed E-state index contributed by atoms with van der Waals surface area (Å²) < 4.78 is 0. The first kappa shape index (κ1) is 19.1. The Morgan fingerprint density at radius 1 is 1.07 bits per heavy atom. The van der Waals surface area contributed by atoms with Gasteiger partial charge in [0.15, 0.2) is 0 Å². The fourth-order valence-electron chi connectivity index (χ4n) is 3.49. The number of nitrogens with zero attached hydrogens (tertiary/aromatic N) is 1. The molecule has 2 aromatic carbocycles. The van der Waals surface area contributed by atoms with E-state index in [0.29, 0.717) is 30.3 Å². The molecule has 1 fully saturated rings. The van der Waals surface area contributed by atoms with E-state index in [9.17, 15) is 9.59 Å². The summed E-state index contributed by atoms with van der Waals surface area (Å²) in [5.74, 6) is 0.358. The van der Waals surface area contributed by atoms with Crippen LogP contribution >= 0.6 is 0 Å². The Balaban J connectivity index is 1.59. The zero-order valence-corrected chi connectivity index (χ0v) is 15.8. The molecule has 2 amide bonds.